The number of benzene rings is 1. The number of carbonyl (C=O) groups is 1. The van der Waals surface area contributed by atoms with Crippen molar-refractivity contribution in [1.82, 2.24) is 10.2 Å². The van der Waals surface area contributed by atoms with Gasteiger partial charge in [-0.05, 0) is 49.5 Å². The zero-order valence-electron chi connectivity index (χ0n) is 12.1. The van der Waals surface area contributed by atoms with Gasteiger partial charge in [0.15, 0.2) is 0 Å². The summed E-state index contributed by atoms with van der Waals surface area (Å²) < 4.78 is 0. The van der Waals surface area contributed by atoms with Crippen LogP contribution in [0.5, 0.6) is 0 Å². The van der Waals surface area contributed by atoms with Crippen molar-refractivity contribution in [3.05, 3.63) is 35.4 Å². The van der Waals surface area contributed by atoms with Crippen molar-refractivity contribution < 1.29 is 4.79 Å². The van der Waals surface area contributed by atoms with Crippen LogP contribution in [0.2, 0.25) is 0 Å². The maximum atomic E-state index is 12.4. The normalized spacial score (nSPS) is 19.2. The molecule has 19 heavy (non-hydrogen) atoms. The van der Waals surface area contributed by atoms with Gasteiger partial charge in [0.25, 0.3) is 5.91 Å². The summed E-state index contributed by atoms with van der Waals surface area (Å²) in [6.45, 7) is 7.10. The van der Waals surface area contributed by atoms with E-state index in [-0.39, 0.29) is 5.91 Å². The predicted molar refractivity (Wildman–Crippen MR) is 78.5 cm³/mol. The molecule has 1 aliphatic heterocycles. The molecule has 104 valence electrons. The van der Waals surface area contributed by atoms with Crippen molar-refractivity contribution in [2.75, 3.05) is 26.7 Å². The maximum absolute atomic E-state index is 12.4. The number of nitrogens with one attached hydrogen (secondary N) is 1. The molecular weight excluding hydrogens is 236 g/mol. The van der Waals surface area contributed by atoms with Crippen molar-refractivity contribution >= 4 is 5.91 Å². The lowest BCUT2D eigenvalue weighted by molar-refractivity contribution is 0.0787. The molecule has 1 aromatic carbocycles. The Hall–Kier alpha value is -1.35. The number of nitrogens with zero attached hydrogens (tertiary/aromatic N) is 1. The number of carbonyl (C=O) groups excluding carboxylic acids is 1. The van der Waals surface area contributed by atoms with Crippen LogP contribution in [0.25, 0.3) is 0 Å². The molecule has 1 amide bonds. The number of hydrogen-bond donors (Lipinski definition) is 1. The van der Waals surface area contributed by atoms with Crippen LogP contribution in [0.1, 0.15) is 42.1 Å². The minimum atomic E-state index is 0.175. The van der Waals surface area contributed by atoms with Gasteiger partial charge < -0.3 is 10.2 Å². The third kappa shape index (κ3) is 3.35. The number of amides is 1. The summed E-state index contributed by atoms with van der Waals surface area (Å²) >= 11 is 0. The summed E-state index contributed by atoms with van der Waals surface area (Å²) in [6, 6.07) is 8.06. The first-order valence-electron chi connectivity index (χ1n) is 7.15. The van der Waals surface area contributed by atoms with Gasteiger partial charge in [-0.2, -0.15) is 0 Å². The summed E-state index contributed by atoms with van der Waals surface area (Å²) in [6.07, 6.45) is 1.11. The first-order chi connectivity index (χ1) is 9.11. The molecule has 1 atom stereocenters. The van der Waals surface area contributed by atoms with Crippen LogP contribution in [0.3, 0.4) is 0 Å². The number of hydrogen-bond acceptors (Lipinski definition) is 2. The second-order valence-electron chi connectivity index (χ2n) is 5.74. The molecule has 0 radical (unpaired) electrons. The van der Waals surface area contributed by atoms with Gasteiger partial charge in [-0.3, -0.25) is 4.79 Å². The van der Waals surface area contributed by atoms with Crippen LogP contribution in [0.4, 0.5) is 0 Å². The molecule has 1 heterocycles. The van der Waals surface area contributed by atoms with Crippen molar-refractivity contribution in [2.24, 2.45) is 5.92 Å². The maximum Gasteiger partial charge on any atom is 0.253 e. The van der Waals surface area contributed by atoms with E-state index in [1.165, 1.54) is 5.56 Å². The minimum absolute atomic E-state index is 0.175. The zero-order valence-corrected chi connectivity index (χ0v) is 12.1. The van der Waals surface area contributed by atoms with Crippen LogP contribution in [-0.4, -0.2) is 37.5 Å². The summed E-state index contributed by atoms with van der Waals surface area (Å²) in [5.74, 6) is 1.29. The zero-order chi connectivity index (χ0) is 13.8. The largest absolute Gasteiger partial charge is 0.338 e. The van der Waals surface area contributed by atoms with Gasteiger partial charge in [0, 0.05) is 18.7 Å². The van der Waals surface area contributed by atoms with E-state index >= 15 is 0 Å². The van der Waals surface area contributed by atoms with Gasteiger partial charge in [-0.25, -0.2) is 0 Å². The first kappa shape index (κ1) is 14.1. The highest BCUT2D eigenvalue weighted by atomic mass is 16.2. The molecule has 0 bridgehead atoms. The SMILES string of the molecule is CNCC1CCN(C(=O)c2ccc(C(C)C)cc2)C1. The highest BCUT2D eigenvalue weighted by Crippen LogP contribution is 2.20. The smallest absolute Gasteiger partial charge is 0.253 e. The third-order valence-corrected chi connectivity index (χ3v) is 3.89. The van der Waals surface area contributed by atoms with Gasteiger partial charge >= 0.3 is 0 Å². The fourth-order valence-electron chi connectivity index (χ4n) is 2.67. The molecule has 3 nitrogen and oxygen atoms in total. The Balaban J connectivity index is 2.00. The average Bonchev–Trinajstić information content (AvgIpc) is 2.87. The van der Waals surface area contributed by atoms with Gasteiger partial charge in [0.05, 0.1) is 0 Å². The molecule has 0 aromatic heterocycles. The van der Waals surface area contributed by atoms with E-state index in [1.807, 2.05) is 24.1 Å². The Morgan fingerprint density at radius 3 is 2.63 bits per heavy atom. The van der Waals surface area contributed by atoms with Gasteiger partial charge in [-0.1, -0.05) is 26.0 Å². The highest BCUT2D eigenvalue weighted by molar-refractivity contribution is 5.94. The Morgan fingerprint density at radius 1 is 1.37 bits per heavy atom. The van der Waals surface area contributed by atoms with Crippen molar-refractivity contribution in [1.29, 1.82) is 0 Å². The highest BCUT2D eigenvalue weighted by Gasteiger charge is 2.26. The molecule has 0 spiro atoms. The second-order valence-corrected chi connectivity index (χ2v) is 5.74. The van der Waals surface area contributed by atoms with Gasteiger partial charge in [0.2, 0.25) is 0 Å². The van der Waals surface area contributed by atoms with Crippen LogP contribution >= 0.6 is 0 Å². The van der Waals surface area contributed by atoms with Crippen LogP contribution in [-0.2, 0) is 0 Å². The molecule has 1 aliphatic rings. The van der Waals surface area contributed by atoms with E-state index in [0.717, 1.165) is 31.6 Å². The summed E-state index contributed by atoms with van der Waals surface area (Å²) in [4.78, 5) is 14.4. The van der Waals surface area contributed by atoms with Crippen molar-refractivity contribution in [2.45, 2.75) is 26.2 Å². The second kappa shape index (κ2) is 6.20. The molecular formula is C16H24N2O. The molecule has 0 saturated carbocycles. The lowest BCUT2D eigenvalue weighted by Gasteiger charge is -2.17. The Bertz CT molecular complexity index is 425. The monoisotopic (exact) mass is 260 g/mol. The topological polar surface area (TPSA) is 32.3 Å². The summed E-state index contributed by atoms with van der Waals surface area (Å²) in [5, 5.41) is 3.19. The first-order valence-corrected chi connectivity index (χ1v) is 7.15. The fraction of sp³-hybridized carbons (Fsp3) is 0.562. The lowest BCUT2D eigenvalue weighted by Crippen LogP contribution is -2.30. The molecule has 1 unspecified atom stereocenters. The van der Waals surface area contributed by atoms with Gasteiger partial charge in [-0.15, -0.1) is 0 Å². The van der Waals surface area contributed by atoms with Crippen LogP contribution in [0, 0.1) is 5.92 Å². The van der Waals surface area contributed by atoms with E-state index in [2.05, 4.69) is 31.3 Å². The standard InChI is InChI=1S/C16H24N2O/c1-12(2)14-4-6-15(7-5-14)16(19)18-9-8-13(11-18)10-17-3/h4-7,12-13,17H,8-11H2,1-3H3. The van der Waals surface area contributed by atoms with E-state index < -0.39 is 0 Å². The van der Waals surface area contributed by atoms with Crippen molar-refractivity contribution in [3.8, 4) is 0 Å². The van der Waals surface area contributed by atoms with E-state index in [9.17, 15) is 4.79 Å². The van der Waals surface area contributed by atoms with E-state index in [1.54, 1.807) is 0 Å². The van der Waals surface area contributed by atoms with Crippen LogP contribution < -0.4 is 5.32 Å². The Labute approximate surface area is 116 Å². The summed E-state index contributed by atoms with van der Waals surface area (Å²) in [5.41, 5.74) is 2.10. The molecule has 1 fully saturated rings. The minimum Gasteiger partial charge on any atom is -0.338 e. The number of likely N-dealkylation sites (tertiary alicyclic amines) is 1. The summed E-state index contributed by atoms with van der Waals surface area (Å²) in [7, 11) is 1.97. The van der Waals surface area contributed by atoms with Crippen LogP contribution in [0.15, 0.2) is 24.3 Å². The average molecular weight is 260 g/mol. The third-order valence-electron chi connectivity index (χ3n) is 3.89. The predicted octanol–water partition coefficient (Wildman–Crippen LogP) is 2.49. The Morgan fingerprint density at radius 2 is 2.05 bits per heavy atom. The number of rotatable bonds is 4. The molecule has 0 aliphatic carbocycles. The molecule has 2 rings (SSSR count). The molecule has 1 aromatic rings. The molecule has 1 N–H and O–H groups in total. The Kier molecular flexibility index (Phi) is 4.59. The molecule has 3 heteroatoms. The fourth-order valence-corrected chi connectivity index (χ4v) is 2.67. The van der Waals surface area contributed by atoms with E-state index in [0.29, 0.717) is 11.8 Å². The van der Waals surface area contributed by atoms with Gasteiger partial charge in [0.1, 0.15) is 0 Å². The lowest BCUT2D eigenvalue weighted by atomic mass is 10.0. The quantitative estimate of drug-likeness (QED) is 0.902. The van der Waals surface area contributed by atoms with E-state index in [4.69, 9.17) is 0 Å². The van der Waals surface area contributed by atoms with Crippen molar-refractivity contribution in [3.63, 3.8) is 0 Å². The molecule has 1 saturated heterocycles.